The molecule has 0 radical (unpaired) electrons. The van der Waals surface area contributed by atoms with E-state index in [1.165, 1.54) is 7.11 Å². The molecule has 0 aromatic carbocycles. The van der Waals surface area contributed by atoms with E-state index in [0.717, 1.165) is 12.8 Å². The fraction of sp³-hybridized carbons (Fsp3) is 1.00. The first-order valence-corrected chi connectivity index (χ1v) is 4.16. The maximum atomic E-state index is 10.5. The molecule has 50 valence electrons. The van der Waals surface area contributed by atoms with Gasteiger partial charge in [-0.05, 0) is 11.0 Å². The molecule has 1 unspecified atom stereocenters. The van der Waals surface area contributed by atoms with Gasteiger partial charge < -0.3 is 0 Å². The zero-order valence-electron chi connectivity index (χ0n) is 6.09. The van der Waals surface area contributed by atoms with Gasteiger partial charge in [0.15, 0.2) is 6.16 Å². The summed E-state index contributed by atoms with van der Waals surface area (Å²) in [5.41, 5.74) is 0. The zero-order valence-corrected chi connectivity index (χ0v) is 9.95. The SMILES string of the molecule is CCCC[P+](=O)OC.[Zn]. The molecule has 0 amide bonds. The van der Waals surface area contributed by atoms with Crippen molar-refractivity contribution in [3.63, 3.8) is 0 Å². The summed E-state index contributed by atoms with van der Waals surface area (Å²) in [5.74, 6) is 0. The van der Waals surface area contributed by atoms with Crippen molar-refractivity contribution in [2.24, 2.45) is 0 Å². The van der Waals surface area contributed by atoms with E-state index in [-0.39, 0.29) is 19.5 Å². The molecule has 9 heavy (non-hydrogen) atoms. The monoisotopic (exact) mass is 199 g/mol. The van der Waals surface area contributed by atoms with Crippen molar-refractivity contribution < 1.29 is 28.6 Å². The van der Waals surface area contributed by atoms with Crippen molar-refractivity contribution in [1.29, 1.82) is 0 Å². The average molecular weight is 201 g/mol. The Hall–Kier alpha value is 0.683. The normalized spacial score (nSPS) is 10.2. The summed E-state index contributed by atoms with van der Waals surface area (Å²) in [6, 6.07) is 0. The fourth-order valence-corrected chi connectivity index (χ4v) is 1.14. The van der Waals surface area contributed by atoms with Gasteiger partial charge in [-0.3, -0.25) is 0 Å². The van der Waals surface area contributed by atoms with Gasteiger partial charge in [0.2, 0.25) is 0 Å². The number of unbranched alkanes of at least 4 members (excludes halogenated alkanes) is 1. The van der Waals surface area contributed by atoms with Crippen LogP contribution in [0.2, 0.25) is 0 Å². The van der Waals surface area contributed by atoms with Crippen LogP contribution in [0.4, 0.5) is 0 Å². The largest absolute Gasteiger partial charge is 0.507 e. The van der Waals surface area contributed by atoms with Crippen molar-refractivity contribution in [3.8, 4) is 0 Å². The molecule has 0 spiro atoms. The number of hydrogen-bond donors (Lipinski definition) is 0. The Balaban J connectivity index is 0. The van der Waals surface area contributed by atoms with Gasteiger partial charge in [-0.25, -0.2) is 0 Å². The average Bonchev–Trinajstić information content (AvgIpc) is 1.83. The number of hydrogen-bond acceptors (Lipinski definition) is 2. The molecule has 4 heteroatoms. The van der Waals surface area contributed by atoms with Gasteiger partial charge in [0.25, 0.3) is 0 Å². The number of rotatable bonds is 4. The Kier molecular flexibility index (Phi) is 11.9. The van der Waals surface area contributed by atoms with E-state index in [0.29, 0.717) is 6.16 Å². The van der Waals surface area contributed by atoms with Crippen LogP contribution in [0.15, 0.2) is 0 Å². The minimum absolute atomic E-state index is 0. The van der Waals surface area contributed by atoms with E-state index >= 15 is 0 Å². The first-order chi connectivity index (χ1) is 3.81. The predicted octanol–water partition coefficient (Wildman–Crippen LogP) is 2.17. The molecule has 0 aromatic heterocycles. The van der Waals surface area contributed by atoms with Crippen LogP contribution in [0, 0.1) is 0 Å². The van der Waals surface area contributed by atoms with E-state index in [9.17, 15) is 4.57 Å². The molecule has 0 rings (SSSR count). The molecule has 0 aromatic rings. The molecular formula is C5H12O2PZn+. The van der Waals surface area contributed by atoms with Gasteiger partial charge in [-0.15, -0.1) is 4.52 Å². The van der Waals surface area contributed by atoms with Crippen molar-refractivity contribution in [2.45, 2.75) is 19.8 Å². The third-order valence-electron chi connectivity index (χ3n) is 0.898. The maximum Gasteiger partial charge on any atom is 0.507 e. The molecule has 0 saturated heterocycles. The van der Waals surface area contributed by atoms with Gasteiger partial charge in [-0.2, -0.15) is 0 Å². The van der Waals surface area contributed by atoms with Crippen LogP contribution in [0.1, 0.15) is 19.8 Å². The summed E-state index contributed by atoms with van der Waals surface area (Å²) in [7, 11) is 0.146. The van der Waals surface area contributed by atoms with Crippen LogP contribution in [0.25, 0.3) is 0 Å². The minimum atomic E-state index is -1.33. The predicted molar refractivity (Wildman–Crippen MR) is 34.4 cm³/mol. The molecule has 0 heterocycles. The molecule has 0 aliphatic carbocycles. The van der Waals surface area contributed by atoms with Crippen LogP contribution < -0.4 is 0 Å². The third kappa shape index (κ3) is 8.68. The van der Waals surface area contributed by atoms with Crippen LogP contribution >= 0.6 is 8.03 Å². The second kappa shape index (κ2) is 8.68. The van der Waals surface area contributed by atoms with Crippen LogP contribution in [0.3, 0.4) is 0 Å². The Morgan fingerprint density at radius 3 is 2.44 bits per heavy atom. The molecule has 0 N–H and O–H groups in total. The van der Waals surface area contributed by atoms with E-state index in [4.69, 9.17) is 0 Å². The molecule has 1 atom stereocenters. The Labute approximate surface area is 70.0 Å². The van der Waals surface area contributed by atoms with E-state index in [1.54, 1.807) is 0 Å². The summed E-state index contributed by atoms with van der Waals surface area (Å²) >= 11 is 0. The second-order valence-electron chi connectivity index (χ2n) is 1.59. The molecular weight excluding hydrogens is 188 g/mol. The Morgan fingerprint density at radius 1 is 1.56 bits per heavy atom. The van der Waals surface area contributed by atoms with Gasteiger partial charge in [0, 0.05) is 19.5 Å². The maximum absolute atomic E-state index is 10.5. The first kappa shape index (κ1) is 12.4. The van der Waals surface area contributed by atoms with Gasteiger partial charge in [0.1, 0.15) is 0 Å². The van der Waals surface area contributed by atoms with Gasteiger partial charge >= 0.3 is 8.03 Å². The molecule has 0 bridgehead atoms. The van der Waals surface area contributed by atoms with Crippen molar-refractivity contribution in [1.82, 2.24) is 0 Å². The smallest absolute Gasteiger partial charge is 0.150 e. The van der Waals surface area contributed by atoms with Gasteiger partial charge in [-0.1, -0.05) is 13.3 Å². The van der Waals surface area contributed by atoms with E-state index in [2.05, 4.69) is 11.4 Å². The quantitative estimate of drug-likeness (QED) is 0.514. The Morgan fingerprint density at radius 2 is 2.11 bits per heavy atom. The first-order valence-electron chi connectivity index (χ1n) is 2.80. The fourth-order valence-electron chi connectivity index (χ4n) is 0.379. The zero-order chi connectivity index (χ0) is 6.41. The Bertz CT molecular complexity index is 77.4. The standard InChI is InChI=1S/C5H12O2P.Zn/c1-3-4-5-8(6)7-2;/h3-5H2,1-2H3;/q+1;. The molecule has 0 aliphatic rings. The minimum Gasteiger partial charge on any atom is -0.150 e. The summed E-state index contributed by atoms with van der Waals surface area (Å²) in [4.78, 5) is 0. The van der Waals surface area contributed by atoms with Crippen LogP contribution in [-0.4, -0.2) is 13.3 Å². The molecule has 0 saturated carbocycles. The third-order valence-corrected chi connectivity index (χ3v) is 1.99. The van der Waals surface area contributed by atoms with Crippen LogP contribution in [-0.2, 0) is 28.6 Å². The summed E-state index contributed by atoms with van der Waals surface area (Å²) in [5, 5.41) is 0. The van der Waals surface area contributed by atoms with Gasteiger partial charge in [0.05, 0.1) is 7.11 Å². The van der Waals surface area contributed by atoms with Crippen molar-refractivity contribution in [2.75, 3.05) is 13.3 Å². The summed E-state index contributed by atoms with van der Waals surface area (Å²) in [6.07, 6.45) is 2.80. The molecule has 0 aliphatic heterocycles. The summed E-state index contributed by atoms with van der Waals surface area (Å²) in [6.45, 7) is 2.07. The van der Waals surface area contributed by atoms with E-state index in [1.807, 2.05) is 0 Å². The molecule has 2 nitrogen and oxygen atoms in total. The van der Waals surface area contributed by atoms with E-state index < -0.39 is 8.03 Å². The summed E-state index contributed by atoms with van der Waals surface area (Å²) < 4.78 is 15.1. The topological polar surface area (TPSA) is 26.3 Å². The van der Waals surface area contributed by atoms with Crippen molar-refractivity contribution in [3.05, 3.63) is 0 Å². The second-order valence-corrected chi connectivity index (χ2v) is 3.07. The molecule has 0 fully saturated rings. The van der Waals surface area contributed by atoms with Crippen molar-refractivity contribution >= 4 is 8.03 Å². The van der Waals surface area contributed by atoms with Crippen LogP contribution in [0.5, 0.6) is 0 Å².